The van der Waals surface area contributed by atoms with Crippen molar-refractivity contribution in [2.75, 3.05) is 7.11 Å². The van der Waals surface area contributed by atoms with E-state index >= 15 is 0 Å². The number of aromatic nitrogens is 4. The maximum absolute atomic E-state index is 12.9. The standard InChI is InChI=1S/C22H26N4O2S/c1-14-7-12-19(28-6)18(13-14)26-21(23-24-25-26)29-15(2)20(27)16-8-10-17(11-9-16)22(3,4)5/h7-13,15H,1-6H3/t15-/m1/s1. The minimum Gasteiger partial charge on any atom is -0.494 e. The number of carbonyl (C=O) groups excluding carboxylic acids is 1. The van der Waals surface area contributed by atoms with E-state index in [1.165, 1.54) is 17.3 Å². The summed E-state index contributed by atoms with van der Waals surface area (Å²) in [5.74, 6) is 0.711. The fourth-order valence-electron chi connectivity index (χ4n) is 2.95. The second-order valence-electron chi connectivity index (χ2n) is 8.00. The van der Waals surface area contributed by atoms with E-state index in [4.69, 9.17) is 4.74 Å². The maximum Gasteiger partial charge on any atom is 0.214 e. The van der Waals surface area contributed by atoms with Gasteiger partial charge in [-0.2, -0.15) is 4.68 Å². The number of ether oxygens (including phenoxy) is 1. The molecule has 0 amide bonds. The average molecular weight is 411 g/mol. The van der Waals surface area contributed by atoms with Crippen molar-refractivity contribution in [1.82, 2.24) is 20.2 Å². The molecule has 0 radical (unpaired) electrons. The zero-order chi connectivity index (χ0) is 21.2. The summed E-state index contributed by atoms with van der Waals surface area (Å²) in [5, 5.41) is 12.2. The largest absolute Gasteiger partial charge is 0.494 e. The van der Waals surface area contributed by atoms with Crippen LogP contribution in [0.2, 0.25) is 0 Å². The van der Waals surface area contributed by atoms with Crippen molar-refractivity contribution in [3.8, 4) is 11.4 Å². The van der Waals surface area contributed by atoms with Crippen LogP contribution in [0.25, 0.3) is 5.69 Å². The van der Waals surface area contributed by atoms with Crippen LogP contribution in [0.15, 0.2) is 47.6 Å². The summed E-state index contributed by atoms with van der Waals surface area (Å²) in [6.07, 6.45) is 0. The molecule has 0 N–H and O–H groups in total. The number of Topliss-reactive ketones (excluding diaryl/α,β-unsaturated/α-hetero) is 1. The Morgan fingerprint density at radius 2 is 1.83 bits per heavy atom. The van der Waals surface area contributed by atoms with Gasteiger partial charge >= 0.3 is 0 Å². The molecule has 0 unspecified atom stereocenters. The fraction of sp³-hybridized carbons (Fsp3) is 0.364. The Morgan fingerprint density at radius 1 is 1.14 bits per heavy atom. The van der Waals surface area contributed by atoms with E-state index in [0.29, 0.717) is 16.5 Å². The lowest BCUT2D eigenvalue weighted by Gasteiger charge is -2.19. The summed E-state index contributed by atoms with van der Waals surface area (Å²) in [5.41, 5.74) is 3.75. The molecule has 0 saturated heterocycles. The Bertz CT molecular complexity index is 1010. The van der Waals surface area contributed by atoms with Gasteiger partial charge in [-0.25, -0.2) is 0 Å². The molecule has 29 heavy (non-hydrogen) atoms. The Balaban J connectivity index is 1.82. The lowest BCUT2D eigenvalue weighted by Crippen LogP contribution is -2.16. The number of methoxy groups -OCH3 is 1. The van der Waals surface area contributed by atoms with Crippen molar-refractivity contribution in [1.29, 1.82) is 0 Å². The highest BCUT2D eigenvalue weighted by Gasteiger charge is 2.22. The van der Waals surface area contributed by atoms with E-state index in [1.54, 1.807) is 11.8 Å². The van der Waals surface area contributed by atoms with Gasteiger partial charge in [0.1, 0.15) is 11.4 Å². The minimum atomic E-state index is -0.337. The maximum atomic E-state index is 12.9. The van der Waals surface area contributed by atoms with E-state index in [9.17, 15) is 4.79 Å². The number of nitrogens with zero attached hydrogens (tertiary/aromatic N) is 4. The summed E-state index contributed by atoms with van der Waals surface area (Å²) >= 11 is 1.33. The van der Waals surface area contributed by atoms with Crippen LogP contribution < -0.4 is 4.74 Å². The van der Waals surface area contributed by atoms with Gasteiger partial charge < -0.3 is 4.74 Å². The predicted octanol–water partition coefficient (Wildman–Crippen LogP) is 4.64. The van der Waals surface area contributed by atoms with Gasteiger partial charge in [0.25, 0.3) is 0 Å². The van der Waals surface area contributed by atoms with Gasteiger partial charge in [-0.05, 0) is 52.9 Å². The first kappa shape index (κ1) is 21.0. The predicted molar refractivity (Wildman–Crippen MR) is 115 cm³/mol. The van der Waals surface area contributed by atoms with Gasteiger partial charge in [0.15, 0.2) is 5.78 Å². The Labute approximate surface area is 175 Å². The highest BCUT2D eigenvalue weighted by molar-refractivity contribution is 8.00. The van der Waals surface area contributed by atoms with Crippen LogP contribution in [0.1, 0.15) is 49.2 Å². The topological polar surface area (TPSA) is 69.9 Å². The molecule has 3 rings (SSSR count). The highest BCUT2D eigenvalue weighted by Crippen LogP contribution is 2.30. The number of rotatable bonds is 6. The SMILES string of the molecule is COc1ccc(C)cc1-n1nnnc1S[C@H](C)C(=O)c1ccc(C(C)(C)C)cc1. The van der Waals surface area contributed by atoms with Gasteiger partial charge in [0.2, 0.25) is 5.16 Å². The van der Waals surface area contributed by atoms with Gasteiger partial charge in [-0.15, -0.1) is 5.10 Å². The van der Waals surface area contributed by atoms with Crippen molar-refractivity contribution in [3.05, 3.63) is 59.2 Å². The molecule has 0 bridgehead atoms. The quantitative estimate of drug-likeness (QED) is 0.435. The number of carbonyl (C=O) groups is 1. The van der Waals surface area contributed by atoms with Crippen molar-refractivity contribution in [2.24, 2.45) is 0 Å². The van der Waals surface area contributed by atoms with Crippen LogP contribution in [-0.2, 0) is 5.41 Å². The summed E-state index contributed by atoms with van der Waals surface area (Å²) in [6, 6.07) is 13.6. The van der Waals surface area contributed by atoms with Gasteiger partial charge in [0.05, 0.1) is 12.4 Å². The third kappa shape index (κ3) is 4.67. The lowest BCUT2D eigenvalue weighted by molar-refractivity contribution is 0.0994. The molecule has 1 heterocycles. The van der Waals surface area contributed by atoms with E-state index in [-0.39, 0.29) is 16.4 Å². The Morgan fingerprint density at radius 3 is 2.45 bits per heavy atom. The second-order valence-corrected chi connectivity index (χ2v) is 9.31. The zero-order valence-corrected chi connectivity index (χ0v) is 18.4. The van der Waals surface area contributed by atoms with Crippen LogP contribution in [0.4, 0.5) is 0 Å². The smallest absolute Gasteiger partial charge is 0.214 e. The van der Waals surface area contributed by atoms with Crippen molar-refractivity contribution in [2.45, 2.75) is 50.4 Å². The number of hydrogen-bond donors (Lipinski definition) is 0. The number of tetrazole rings is 1. The molecule has 1 atom stereocenters. The monoisotopic (exact) mass is 410 g/mol. The number of hydrogen-bond acceptors (Lipinski definition) is 6. The second kappa shape index (κ2) is 8.37. The first-order valence-corrected chi connectivity index (χ1v) is 10.3. The van der Waals surface area contributed by atoms with Crippen molar-refractivity contribution in [3.63, 3.8) is 0 Å². The number of thioether (sulfide) groups is 1. The van der Waals surface area contributed by atoms with Crippen LogP contribution in [-0.4, -0.2) is 38.4 Å². The number of benzene rings is 2. The van der Waals surface area contributed by atoms with E-state index in [2.05, 4.69) is 36.3 Å². The van der Waals surface area contributed by atoms with Gasteiger partial charge in [-0.3, -0.25) is 4.79 Å². The highest BCUT2D eigenvalue weighted by atomic mass is 32.2. The zero-order valence-electron chi connectivity index (χ0n) is 17.6. The molecule has 152 valence electrons. The summed E-state index contributed by atoms with van der Waals surface area (Å²) in [7, 11) is 1.61. The third-order valence-corrected chi connectivity index (χ3v) is 5.72. The van der Waals surface area contributed by atoms with Crippen molar-refractivity contribution >= 4 is 17.5 Å². The van der Waals surface area contributed by atoms with Crippen LogP contribution in [0.5, 0.6) is 5.75 Å². The first-order chi connectivity index (χ1) is 13.7. The molecule has 2 aromatic carbocycles. The molecular weight excluding hydrogens is 384 g/mol. The molecule has 6 nitrogen and oxygen atoms in total. The van der Waals surface area contributed by atoms with Crippen LogP contribution in [0, 0.1) is 6.92 Å². The van der Waals surface area contributed by atoms with Crippen molar-refractivity contribution < 1.29 is 9.53 Å². The lowest BCUT2D eigenvalue weighted by atomic mass is 9.86. The Kier molecular flexibility index (Phi) is 6.07. The molecule has 0 saturated carbocycles. The molecule has 0 fully saturated rings. The molecule has 3 aromatic rings. The van der Waals surface area contributed by atoms with Crippen LogP contribution >= 0.6 is 11.8 Å². The van der Waals surface area contributed by atoms with E-state index < -0.39 is 0 Å². The molecular formula is C22H26N4O2S. The summed E-state index contributed by atoms with van der Waals surface area (Å²) in [4.78, 5) is 12.9. The third-order valence-electron chi connectivity index (χ3n) is 4.69. The van der Waals surface area contributed by atoms with Gasteiger partial charge in [0, 0.05) is 5.56 Å². The summed E-state index contributed by atoms with van der Waals surface area (Å²) in [6.45, 7) is 10.3. The average Bonchev–Trinajstić information content (AvgIpc) is 3.14. The first-order valence-electron chi connectivity index (χ1n) is 9.45. The molecule has 0 aliphatic rings. The molecule has 0 aliphatic heterocycles. The molecule has 1 aromatic heterocycles. The molecule has 0 spiro atoms. The molecule has 7 heteroatoms. The van der Waals surface area contributed by atoms with Crippen LogP contribution in [0.3, 0.4) is 0 Å². The number of aryl methyl sites for hydroxylation is 1. The molecule has 0 aliphatic carbocycles. The normalized spacial score (nSPS) is 12.6. The van der Waals surface area contributed by atoms with Gasteiger partial charge in [-0.1, -0.05) is 62.9 Å². The number of ketones is 1. The Hall–Kier alpha value is -2.67. The van der Waals surface area contributed by atoms with E-state index in [1.807, 2.05) is 56.3 Å². The minimum absolute atomic E-state index is 0.0428. The fourth-order valence-corrected chi connectivity index (χ4v) is 3.83. The van der Waals surface area contributed by atoms with E-state index in [0.717, 1.165) is 11.3 Å². The summed E-state index contributed by atoms with van der Waals surface area (Å²) < 4.78 is 7.06.